The van der Waals surface area contributed by atoms with Crippen molar-refractivity contribution in [1.82, 2.24) is 14.1 Å². The zero-order chi connectivity index (χ0) is 26.6. The van der Waals surface area contributed by atoms with E-state index in [1.165, 1.54) is 21.5 Å². The maximum absolute atomic E-state index is 7.87. The molecule has 0 spiro atoms. The van der Waals surface area contributed by atoms with Crippen molar-refractivity contribution in [3.05, 3.63) is 145 Å². The Balaban J connectivity index is 1.30. The van der Waals surface area contributed by atoms with Gasteiger partial charge in [-0.2, -0.15) is 0 Å². The molecule has 0 atom stereocenters. The molecular weight excluding hydrogens is 488 g/mol. The summed E-state index contributed by atoms with van der Waals surface area (Å²) in [5.41, 5.74) is 7.95. The van der Waals surface area contributed by atoms with Gasteiger partial charge in [0.2, 0.25) is 0 Å². The van der Waals surface area contributed by atoms with E-state index in [2.05, 4.69) is 129 Å². The molecule has 0 aliphatic heterocycles. The summed E-state index contributed by atoms with van der Waals surface area (Å²) in [5, 5.41) is 4.84. The molecule has 3 aromatic heterocycles. The average molecular weight is 511 g/mol. The van der Waals surface area contributed by atoms with Crippen molar-refractivity contribution in [2.24, 2.45) is 0 Å². The second-order valence-corrected chi connectivity index (χ2v) is 9.96. The van der Waals surface area contributed by atoms with Crippen LogP contribution in [0.5, 0.6) is 0 Å². The van der Waals surface area contributed by atoms with Crippen molar-refractivity contribution in [2.45, 2.75) is 0 Å². The van der Waals surface area contributed by atoms with E-state index in [9.17, 15) is 0 Å². The van der Waals surface area contributed by atoms with Crippen molar-refractivity contribution >= 4 is 49.3 Å². The zero-order valence-electron chi connectivity index (χ0n) is 21.5. The zero-order valence-corrected chi connectivity index (χ0v) is 21.5. The molecule has 0 radical (unpaired) electrons. The molecule has 0 aliphatic rings. The molecule has 3 heterocycles. The minimum absolute atomic E-state index is 0.607. The molecule has 0 N–H and O–H groups in total. The van der Waals surface area contributed by atoms with Crippen LogP contribution < -0.4 is 0 Å². The number of hydrogen-bond donors (Lipinski definition) is 0. The van der Waals surface area contributed by atoms with Gasteiger partial charge in [-0.15, -0.1) is 0 Å². The van der Waals surface area contributed by atoms with Gasteiger partial charge in [-0.05, 0) is 53.6 Å². The summed E-state index contributed by atoms with van der Waals surface area (Å²) in [5.74, 6) is 0.851. The van der Waals surface area contributed by atoms with Crippen LogP contribution >= 0.6 is 0 Å². The van der Waals surface area contributed by atoms with E-state index in [4.69, 9.17) is 11.6 Å². The lowest BCUT2D eigenvalue weighted by Crippen LogP contribution is -1.97. The Morgan fingerprint density at radius 2 is 1.02 bits per heavy atom. The van der Waals surface area contributed by atoms with Crippen molar-refractivity contribution in [2.75, 3.05) is 0 Å². The van der Waals surface area contributed by atoms with E-state index in [0.29, 0.717) is 5.69 Å². The summed E-state index contributed by atoms with van der Waals surface area (Å²) < 4.78 is 4.49. The summed E-state index contributed by atoms with van der Waals surface area (Å²) in [7, 11) is 0. The Bertz CT molecular complexity index is 2170. The maximum Gasteiger partial charge on any atom is 0.195 e. The summed E-state index contributed by atoms with van der Waals surface area (Å²) >= 11 is 0. The molecule has 0 amide bonds. The van der Waals surface area contributed by atoms with E-state index >= 15 is 0 Å². The number of nitrogens with zero attached hydrogens (tertiary/aromatic N) is 4. The number of fused-ring (bicyclic) bond motifs is 6. The quantitative estimate of drug-likeness (QED) is 0.217. The molecule has 4 nitrogen and oxygen atoms in total. The van der Waals surface area contributed by atoms with Gasteiger partial charge in [0.25, 0.3) is 0 Å². The second kappa shape index (κ2) is 8.69. The monoisotopic (exact) mass is 510 g/mol. The summed E-state index contributed by atoms with van der Waals surface area (Å²) in [6, 6.07) is 44.0. The van der Waals surface area contributed by atoms with Crippen molar-refractivity contribution in [3.8, 4) is 22.6 Å². The van der Waals surface area contributed by atoms with Gasteiger partial charge in [-0.1, -0.05) is 84.9 Å². The van der Waals surface area contributed by atoms with E-state index in [-0.39, 0.29) is 0 Å². The Morgan fingerprint density at radius 3 is 1.50 bits per heavy atom. The molecule has 186 valence electrons. The van der Waals surface area contributed by atoms with Crippen LogP contribution in [0, 0.1) is 6.57 Å². The Morgan fingerprint density at radius 1 is 0.525 bits per heavy atom. The number of rotatable bonds is 3. The first-order chi connectivity index (χ1) is 19.8. The van der Waals surface area contributed by atoms with Crippen LogP contribution in [0.4, 0.5) is 5.69 Å². The third-order valence-corrected chi connectivity index (χ3v) is 7.81. The van der Waals surface area contributed by atoms with Crippen LogP contribution in [0.25, 0.3) is 71.1 Å². The smallest absolute Gasteiger partial charge is 0.195 e. The molecular formula is C36H22N4. The highest BCUT2D eigenvalue weighted by atomic mass is 15.1. The minimum Gasteiger partial charge on any atom is -0.309 e. The lowest BCUT2D eigenvalue weighted by atomic mass is 10.0. The molecule has 8 rings (SSSR count). The third-order valence-electron chi connectivity index (χ3n) is 7.81. The number of para-hydroxylation sites is 4. The largest absolute Gasteiger partial charge is 0.309 e. The number of hydrogen-bond acceptors (Lipinski definition) is 1. The van der Waals surface area contributed by atoms with Crippen molar-refractivity contribution < 1.29 is 0 Å². The van der Waals surface area contributed by atoms with Crippen LogP contribution in [-0.4, -0.2) is 14.1 Å². The van der Waals surface area contributed by atoms with E-state index in [1.54, 1.807) is 0 Å². The van der Waals surface area contributed by atoms with Gasteiger partial charge in [0.05, 0.1) is 28.6 Å². The summed E-state index contributed by atoms with van der Waals surface area (Å²) in [4.78, 5) is 8.77. The van der Waals surface area contributed by atoms with Gasteiger partial charge in [-0.3, -0.25) is 4.57 Å². The molecule has 0 unspecified atom stereocenters. The lowest BCUT2D eigenvalue weighted by molar-refractivity contribution is 1.08. The fourth-order valence-corrected chi connectivity index (χ4v) is 6.04. The molecule has 0 saturated heterocycles. The van der Waals surface area contributed by atoms with Crippen LogP contribution in [0.3, 0.4) is 0 Å². The summed E-state index contributed by atoms with van der Waals surface area (Å²) in [6.07, 6.45) is 1.89. The lowest BCUT2D eigenvalue weighted by Gasteiger charge is -2.13. The van der Waals surface area contributed by atoms with Crippen LogP contribution in [0.15, 0.2) is 134 Å². The molecule has 5 aromatic carbocycles. The van der Waals surface area contributed by atoms with Gasteiger partial charge < -0.3 is 4.57 Å². The molecule has 0 fully saturated rings. The van der Waals surface area contributed by atoms with Gasteiger partial charge in [0.15, 0.2) is 5.69 Å². The van der Waals surface area contributed by atoms with E-state index < -0.39 is 0 Å². The van der Waals surface area contributed by atoms with Crippen LogP contribution in [0.2, 0.25) is 0 Å². The predicted molar refractivity (Wildman–Crippen MR) is 165 cm³/mol. The highest BCUT2D eigenvalue weighted by Crippen LogP contribution is 2.37. The first kappa shape index (κ1) is 22.3. The SMILES string of the molecule is [C-]#[N+]c1ccc(-n2c3ccccc3c3ccccc32)cc1-c1ccc(-n2c3ccccc3c3ccccc32)nc1. The molecule has 0 aliphatic carbocycles. The molecule has 8 aromatic rings. The average Bonchev–Trinajstić information content (AvgIpc) is 3.54. The topological polar surface area (TPSA) is 27.1 Å². The van der Waals surface area contributed by atoms with E-state index in [0.717, 1.165) is 44.7 Å². The van der Waals surface area contributed by atoms with Gasteiger partial charge >= 0.3 is 0 Å². The Kier molecular flexibility index (Phi) is 4.85. The first-order valence-electron chi connectivity index (χ1n) is 13.3. The van der Waals surface area contributed by atoms with Crippen LogP contribution in [-0.2, 0) is 0 Å². The van der Waals surface area contributed by atoms with Gasteiger partial charge in [0.1, 0.15) is 5.82 Å². The highest BCUT2D eigenvalue weighted by Gasteiger charge is 2.16. The highest BCUT2D eigenvalue weighted by molar-refractivity contribution is 6.10. The van der Waals surface area contributed by atoms with E-state index in [1.807, 2.05) is 18.3 Å². The number of aromatic nitrogens is 3. The first-order valence-corrected chi connectivity index (χ1v) is 13.3. The third kappa shape index (κ3) is 3.22. The standard InChI is InChI=1S/C36H22N4/c1-37-31-20-19-25(39-32-14-6-2-10-26(32)27-11-3-7-15-33(27)39)22-30(31)24-18-21-36(38-23-24)40-34-16-8-4-12-28(34)29-13-5-9-17-35(29)40/h2-23H. The Hall–Kier alpha value is -5.66. The summed E-state index contributed by atoms with van der Waals surface area (Å²) in [6.45, 7) is 7.87. The fourth-order valence-electron chi connectivity index (χ4n) is 6.04. The molecule has 0 bridgehead atoms. The van der Waals surface area contributed by atoms with Gasteiger partial charge in [-0.25, -0.2) is 9.83 Å². The van der Waals surface area contributed by atoms with Crippen molar-refractivity contribution in [3.63, 3.8) is 0 Å². The second-order valence-electron chi connectivity index (χ2n) is 9.96. The van der Waals surface area contributed by atoms with Crippen LogP contribution in [0.1, 0.15) is 0 Å². The predicted octanol–water partition coefficient (Wildman–Crippen LogP) is 9.49. The number of benzene rings is 5. The molecule has 40 heavy (non-hydrogen) atoms. The number of pyridine rings is 1. The fraction of sp³-hybridized carbons (Fsp3) is 0. The Labute approximate surface area is 230 Å². The molecule has 4 heteroatoms. The van der Waals surface area contributed by atoms with Crippen molar-refractivity contribution in [1.29, 1.82) is 0 Å². The normalized spacial score (nSPS) is 11.5. The minimum atomic E-state index is 0.607. The van der Waals surface area contributed by atoms with Gasteiger partial charge in [0, 0.05) is 33.4 Å². The maximum atomic E-state index is 7.87. The molecule has 0 saturated carbocycles.